The quantitative estimate of drug-likeness (QED) is 0.483. The molecular formula is C5H4NO. The third-order valence-corrected chi connectivity index (χ3v) is 0.747. The van der Waals surface area contributed by atoms with Crippen molar-refractivity contribution in [1.29, 1.82) is 0 Å². The maximum absolute atomic E-state index is 9.50. The van der Waals surface area contributed by atoms with Gasteiger partial charge in [0, 0.05) is 5.70 Å². The molecule has 0 saturated heterocycles. The van der Waals surface area contributed by atoms with Crippen molar-refractivity contribution in [2.75, 3.05) is 0 Å². The second-order valence-electron chi connectivity index (χ2n) is 1.21. The van der Waals surface area contributed by atoms with Gasteiger partial charge in [-0.3, -0.25) is 4.79 Å². The number of hydrogen-bond donors (Lipinski definition) is 1. The number of nitrogens with one attached hydrogen (secondary N) is 1. The summed E-state index contributed by atoms with van der Waals surface area (Å²) in [5, 5.41) is 2.35. The monoisotopic (exact) mass is 94.0 g/mol. The number of hydrogen-bond acceptors (Lipinski definition) is 1. The van der Waals surface area contributed by atoms with Gasteiger partial charge < -0.3 is 5.32 Å². The van der Waals surface area contributed by atoms with Crippen molar-refractivity contribution in [2.45, 2.75) is 0 Å². The number of carbonyl (C=O) groups excluding carboxylic acids is 1. The lowest BCUT2D eigenvalue weighted by Gasteiger charge is -2.00. The van der Waals surface area contributed by atoms with E-state index in [0.717, 1.165) is 5.70 Å². The van der Waals surface area contributed by atoms with E-state index in [1.54, 1.807) is 18.6 Å². The van der Waals surface area contributed by atoms with Crippen molar-refractivity contribution < 1.29 is 4.79 Å². The molecule has 0 spiro atoms. The minimum atomic E-state index is 0.829. The van der Waals surface area contributed by atoms with Crippen LogP contribution in [0.25, 0.3) is 0 Å². The Bertz CT molecular complexity index is 135. The first-order valence-electron chi connectivity index (χ1n) is 1.95. The average Bonchev–Trinajstić information content (AvgIpc) is 1.55. The molecule has 1 N–H and O–H groups in total. The van der Waals surface area contributed by atoms with Gasteiger partial charge in [-0.2, -0.15) is 0 Å². The standard InChI is InChI=1S/C5H4NO/c7-4-6-5-2-1-3-5/h1-3H,(H,6,7). The topological polar surface area (TPSA) is 29.1 Å². The molecule has 0 fully saturated rings. The van der Waals surface area contributed by atoms with E-state index in [1.165, 1.54) is 0 Å². The van der Waals surface area contributed by atoms with Gasteiger partial charge in [-0.15, -0.1) is 0 Å². The van der Waals surface area contributed by atoms with Gasteiger partial charge in [-0.1, -0.05) is 6.08 Å². The van der Waals surface area contributed by atoms with Crippen molar-refractivity contribution in [3.63, 3.8) is 0 Å². The minimum absolute atomic E-state index is 0.829. The average molecular weight is 94.1 g/mol. The molecule has 1 aliphatic rings. The third kappa shape index (κ3) is 0.682. The van der Waals surface area contributed by atoms with E-state index >= 15 is 0 Å². The number of allylic oxidation sites excluding steroid dienone is 3. The van der Waals surface area contributed by atoms with Crippen LogP contribution in [0.15, 0.2) is 23.9 Å². The molecule has 1 amide bonds. The van der Waals surface area contributed by atoms with Crippen molar-refractivity contribution in [3.8, 4) is 0 Å². The summed E-state index contributed by atoms with van der Waals surface area (Å²) in [6.07, 6.45) is 6.99. The van der Waals surface area contributed by atoms with Crippen LogP contribution in [0.1, 0.15) is 0 Å². The molecule has 1 aliphatic carbocycles. The fourth-order valence-electron chi connectivity index (χ4n) is 0.335. The van der Waals surface area contributed by atoms with Gasteiger partial charge in [-0.05, 0) is 12.2 Å². The predicted octanol–water partition coefficient (Wildman–Crippen LogP) is 0.0969. The summed E-state index contributed by atoms with van der Waals surface area (Å²) in [5.41, 5.74) is 0.829. The van der Waals surface area contributed by atoms with E-state index in [1.807, 2.05) is 6.08 Å². The SMILES string of the molecule is O=[C]NC1=CC=C1. The molecule has 0 bridgehead atoms. The Hall–Kier alpha value is -1.05. The predicted molar refractivity (Wildman–Crippen MR) is 26.1 cm³/mol. The van der Waals surface area contributed by atoms with Crippen LogP contribution >= 0.6 is 0 Å². The lowest BCUT2D eigenvalue weighted by atomic mass is 10.2. The van der Waals surface area contributed by atoms with Crippen LogP contribution in [0.2, 0.25) is 0 Å². The summed E-state index contributed by atoms with van der Waals surface area (Å²) < 4.78 is 0. The van der Waals surface area contributed by atoms with Crippen molar-refractivity contribution in [1.82, 2.24) is 5.32 Å². The Morgan fingerprint density at radius 1 is 1.71 bits per heavy atom. The van der Waals surface area contributed by atoms with Crippen molar-refractivity contribution >= 4 is 6.41 Å². The molecule has 0 unspecified atom stereocenters. The van der Waals surface area contributed by atoms with Crippen LogP contribution in [0.5, 0.6) is 0 Å². The molecule has 0 aromatic carbocycles. The Balaban J connectivity index is 2.29. The van der Waals surface area contributed by atoms with Crippen LogP contribution in [0.4, 0.5) is 0 Å². The summed E-state index contributed by atoms with van der Waals surface area (Å²) in [6, 6.07) is 0. The Labute approximate surface area is 41.5 Å². The molecule has 2 heteroatoms. The molecule has 0 aromatic heterocycles. The molecule has 0 aliphatic heterocycles. The van der Waals surface area contributed by atoms with Gasteiger partial charge in [0.05, 0.1) is 0 Å². The van der Waals surface area contributed by atoms with Crippen molar-refractivity contribution in [3.05, 3.63) is 23.9 Å². The van der Waals surface area contributed by atoms with E-state index < -0.39 is 0 Å². The summed E-state index contributed by atoms with van der Waals surface area (Å²) in [4.78, 5) is 9.50. The summed E-state index contributed by atoms with van der Waals surface area (Å²) in [7, 11) is 0. The Morgan fingerprint density at radius 3 is 2.57 bits per heavy atom. The van der Waals surface area contributed by atoms with Gasteiger partial charge >= 0.3 is 6.41 Å². The fraction of sp³-hybridized carbons (Fsp3) is 0. The van der Waals surface area contributed by atoms with Gasteiger partial charge in [0.25, 0.3) is 0 Å². The van der Waals surface area contributed by atoms with Gasteiger partial charge in [0.15, 0.2) is 0 Å². The van der Waals surface area contributed by atoms with E-state index in [0.29, 0.717) is 0 Å². The Kier molecular flexibility index (Phi) is 0.941. The first-order chi connectivity index (χ1) is 3.43. The lowest BCUT2D eigenvalue weighted by Crippen LogP contribution is -2.10. The third-order valence-electron chi connectivity index (χ3n) is 0.747. The summed E-state index contributed by atoms with van der Waals surface area (Å²) >= 11 is 0. The molecule has 0 heterocycles. The molecule has 1 radical (unpaired) electrons. The molecule has 1 rings (SSSR count). The Morgan fingerprint density at radius 2 is 2.43 bits per heavy atom. The second kappa shape index (κ2) is 1.60. The molecule has 7 heavy (non-hydrogen) atoms. The van der Waals surface area contributed by atoms with Crippen LogP contribution in [0.3, 0.4) is 0 Å². The highest BCUT2D eigenvalue weighted by Crippen LogP contribution is 2.00. The summed E-state index contributed by atoms with van der Waals surface area (Å²) in [6.45, 7) is 0. The molecule has 0 saturated carbocycles. The minimum Gasteiger partial charge on any atom is -0.318 e. The molecule has 0 atom stereocenters. The van der Waals surface area contributed by atoms with Crippen LogP contribution < -0.4 is 5.32 Å². The van der Waals surface area contributed by atoms with E-state index in [-0.39, 0.29) is 0 Å². The van der Waals surface area contributed by atoms with E-state index in [9.17, 15) is 4.79 Å². The molecule has 35 valence electrons. The van der Waals surface area contributed by atoms with Crippen LogP contribution in [-0.4, -0.2) is 6.41 Å². The fourth-order valence-corrected chi connectivity index (χ4v) is 0.335. The maximum atomic E-state index is 9.50. The molecule has 0 aromatic rings. The largest absolute Gasteiger partial charge is 0.318 e. The molecular weight excluding hydrogens is 90.1 g/mol. The van der Waals surface area contributed by atoms with Gasteiger partial charge in [0.1, 0.15) is 0 Å². The van der Waals surface area contributed by atoms with E-state index in [4.69, 9.17) is 0 Å². The number of rotatable bonds is 2. The smallest absolute Gasteiger partial charge is 0.314 e. The van der Waals surface area contributed by atoms with Gasteiger partial charge in [-0.25, -0.2) is 0 Å². The highest BCUT2D eigenvalue weighted by molar-refractivity contribution is 5.55. The lowest BCUT2D eigenvalue weighted by molar-refractivity contribution is 0.549. The first-order valence-corrected chi connectivity index (χ1v) is 1.95. The number of amides is 1. The highest BCUT2D eigenvalue weighted by atomic mass is 16.1. The zero-order valence-corrected chi connectivity index (χ0v) is 3.64. The van der Waals surface area contributed by atoms with E-state index in [2.05, 4.69) is 5.32 Å². The van der Waals surface area contributed by atoms with Crippen molar-refractivity contribution in [2.24, 2.45) is 0 Å². The van der Waals surface area contributed by atoms with Crippen LogP contribution in [-0.2, 0) is 4.79 Å². The maximum Gasteiger partial charge on any atom is 0.314 e. The summed E-state index contributed by atoms with van der Waals surface area (Å²) in [5.74, 6) is 0. The normalized spacial score (nSPS) is 14.6. The second-order valence-corrected chi connectivity index (χ2v) is 1.21. The molecule has 2 nitrogen and oxygen atoms in total. The highest BCUT2D eigenvalue weighted by Gasteiger charge is 1.92. The van der Waals surface area contributed by atoms with Crippen LogP contribution in [0, 0.1) is 0 Å². The first kappa shape index (κ1) is 4.12. The van der Waals surface area contributed by atoms with Gasteiger partial charge in [0.2, 0.25) is 0 Å². The zero-order valence-electron chi connectivity index (χ0n) is 3.64. The zero-order chi connectivity index (χ0) is 5.11.